The topological polar surface area (TPSA) is 40.6 Å². The molecule has 2 saturated heterocycles. The lowest BCUT2D eigenvalue weighted by Crippen LogP contribution is -2.39. The fourth-order valence-electron chi connectivity index (χ4n) is 3.70. The molecule has 124 valence electrons. The van der Waals surface area contributed by atoms with Gasteiger partial charge in [-0.25, -0.2) is 4.39 Å². The molecule has 1 aromatic rings. The van der Waals surface area contributed by atoms with Crippen molar-refractivity contribution in [3.63, 3.8) is 0 Å². The first-order valence-corrected chi connectivity index (χ1v) is 8.24. The number of rotatable bonds is 3. The van der Waals surface area contributed by atoms with E-state index in [2.05, 4.69) is 0 Å². The zero-order valence-corrected chi connectivity index (χ0v) is 13.7. The van der Waals surface area contributed by atoms with Crippen LogP contribution in [-0.2, 0) is 16.1 Å². The van der Waals surface area contributed by atoms with Gasteiger partial charge >= 0.3 is 0 Å². The average Bonchev–Trinajstić information content (AvgIpc) is 3.07. The van der Waals surface area contributed by atoms with Gasteiger partial charge in [-0.15, -0.1) is 0 Å². The summed E-state index contributed by atoms with van der Waals surface area (Å²) in [6.45, 7) is 6.09. The minimum absolute atomic E-state index is 0.0370. The Kier molecular flexibility index (Phi) is 4.13. The van der Waals surface area contributed by atoms with Gasteiger partial charge in [-0.2, -0.15) is 0 Å². The number of nitrogens with zero attached hydrogens (tertiary/aromatic N) is 2. The zero-order chi connectivity index (χ0) is 16.6. The quantitative estimate of drug-likeness (QED) is 0.859. The highest BCUT2D eigenvalue weighted by Crippen LogP contribution is 2.41. The lowest BCUT2D eigenvalue weighted by molar-refractivity contribution is -0.137. The highest BCUT2D eigenvalue weighted by Gasteiger charge is 2.51. The van der Waals surface area contributed by atoms with Crippen LogP contribution in [0.4, 0.5) is 4.39 Å². The molecule has 0 aromatic heterocycles. The summed E-state index contributed by atoms with van der Waals surface area (Å²) in [5.74, 6) is -0.0810. The summed E-state index contributed by atoms with van der Waals surface area (Å²) >= 11 is 0. The van der Waals surface area contributed by atoms with E-state index in [1.807, 2.05) is 24.8 Å². The molecule has 2 aliphatic heterocycles. The van der Waals surface area contributed by atoms with Gasteiger partial charge in [0.15, 0.2) is 0 Å². The molecule has 0 saturated carbocycles. The lowest BCUT2D eigenvalue weighted by atomic mass is 9.85. The van der Waals surface area contributed by atoms with Crippen LogP contribution in [0.1, 0.15) is 32.3 Å². The molecule has 1 spiro atoms. The Hall–Kier alpha value is -1.91. The van der Waals surface area contributed by atoms with Crippen LogP contribution in [0.15, 0.2) is 24.3 Å². The van der Waals surface area contributed by atoms with E-state index in [4.69, 9.17) is 0 Å². The summed E-state index contributed by atoms with van der Waals surface area (Å²) in [7, 11) is 0. The molecule has 0 aliphatic carbocycles. The van der Waals surface area contributed by atoms with Gasteiger partial charge in [-0.05, 0) is 30.5 Å². The number of benzene rings is 1. The van der Waals surface area contributed by atoms with E-state index in [-0.39, 0.29) is 23.5 Å². The van der Waals surface area contributed by atoms with Crippen LogP contribution >= 0.6 is 0 Å². The minimum Gasteiger partial charge on any atom is -0.341 e. The molecule has 1 atom stereocenters. The third-order valence-corrected chi connectivity index (χ3v) is 5.02. The summed E-state index contributed by atoms with van der Waals surface area (Å²) in [6, 6.07) is 6.38. The van der Waals surface area contributed by atoms with E-state index in [9.17, 15) is 14.0 Å². The van der Waals surface area contributed by atoms with Crippen LogP contribution in [0.3, 0.4) is 0 Å². The lowest BCUT2D eigenvalue weighted by Gasteiger charge is -2.24. The molecular formula is C18H23FN2O2. The predicted octanol–water partition coefficient (Wildman–Crippen LogP) is 2.43. The van der Waals surface area contributed by atoms with Crippen molar-refractivity contribution in [3.8, 4) is 0 Å². The number of halogens is 1. The fourth-order valence-corrected chi connectivity index (χ4v) is 3.70. The van der Waals surface area contributed by atoms with Gasteiger partial charge in [0.25, 0.3) is 0 Å². The van der Waals surface area contributed by atoms with E-state index in [1.165, 1.54) is 12.1 Å². The van der Waals surface area contributed by atoms with Gasteiger partial charge in [0, 0.05) is 32.1 Å². The molecule has 0 N–H and O–H groups in total. The normalized spacial score (nSPS) is 24.3. The van der Waals surface area contributed by atoms with E-state index >= 15 is 0 Å². The highest BCUT2D eigenvalue weighted by molar-refractivity contribution is 5.87. The van der Waals surface area contributed by atoms with E-state index in [0.29, 0.717) is 26.2 Å². The number of hydrogen-bond donors (Lipinski definition) is 0. The van der Waals surface area contributed by atoms with E-state index < -0.39 is 5.41 Å². The molecule has 0 radical (unpaired) electrons. The molecule has 4 nitrogen and oxygen atoms in total. The molecule has 2 heterocycles. The number of hydrogen-bond acceptors (Lipinski definition) is 2. The number of amides is 2. The van der Waals surface area contributed by atoms with Crippen molar-refractivity contribution in [2.45, 2.75) is 33.2 Å². The van der Waals surface area contributed by atoms with Gasteiger partial charge < -0.3 is 9.80 Å². The van der Waals surface area contributed by atoms with Crippen LogP contribution in [0.2, 0.25) is 0 Å². The van der Waals surface area contributed by atoms with Crippen molar-refractivity contribution in [3.05, 3.63) is 35.6 Å². The third kappa shape index (κ3) is 2.96. The SMILES string of the molecule is CC(C)C(=O)N1CCC2(CCN(Cc3cccc(F)c3)C2=O)C1. The number of likely N-dealkylation sites (tertiary alicyclic amines) is 2. The van der Waals surface area contributed by atoms with Crippen molar-refractivity contribution in [1.82, 2.24) is 9.80 Å². The van der Waals surface area contributed by atoms with Crippen LogP contribution in [-0.4, -0.2) is 41.2 Å². The second-order valence-electron chi connectivity index (χ2n) is 7.05. The molecule has 2 aliphatic rings. The zero-order valence-electron chi connectivity index (χ0n) is 13.7. The monoisotopic (exact) mass is 318 g/mol. The second kappa shape index (κ2) is 5.95. The standard InChI is InChI=1S/C18H23FN2O2/c1-13(2)16(22)21-9-7-18(12-21)6-8-20(17(18)23)11-14-4-3-5-15(19)10-14/h3-5,10,13H,6-9,11-12H2,1-2H3. The Balaban J connectivity index is 1.68. The van der Waals surface area contributed by atoms with Crippen molar-refractivity contribution in [2.75, 3.05) is 19.6 Å². The molecule has 5 heteroatoms. The molecule has 0 bridgehead atoms. The summed E-state index contributed by atoms with van der Waals surface area (Å²) in [5.41, 5.74) is 0.390. The Morgan fingerprint density at radius 3 is 2.74 bits per heavy atom. The van der Waals surface area contributed by atoms with Crippen LogP contribution in [0, 0.1) is 17.2 Å². The summed E-state index contributed by atoms with van der Waals surface area (Å²) in [5, 5.41) is 0. The largest absolute Gasteiger partial charge is 0.341 e. The summed E-state index contributed by atoms with van der Waals surface area (Å²) in [4.78, 5) is 28.6. The Bertz CT molecular complexity index is 631. The Morgan fingerprint density at radius 2 is 2.04 bits per heavy atom. The number of carbonyl (C=O) groups is 2. The van der Waals surface area contributed by atoms with Crippen molar-refractivity contribution in [2.24, 2.45) is 11.3 Å². The first kappa shape index (κ1) is 16.0. The molecule has 23 heavy (non-hydrogen) atoms. The summed E-state index contributed by atoms with van der Waals surface area (Å²) in [6.07, 6.45) is 1.52. The molecule has 3 rings (SSSR count). The maximum Gasteiger partial charge on any atom is 0.231 e. The molecule has 2 amide bonds. The fraction of sp³-hybridized carbons (Fsp3) is 0.556. The van der Waals surface area contributed by atoms with E-state index in [0.717, 1.165) is 18.4 Å². The first-order valence-electron chi connectivity index (χ1n) is 8.24. The second-order valence-corrected chi connectivity index (χ2v) is 7.05. The minimum atomic E-state index is -0.419. The van der Waals surface area contributed by atoms with Crippen LogP contribution in [0.25, 0.3) is 0 Å². The van der Waals surface area contributed by atoms with Crippen molar-refractivity contribution >= 4 is 11.8 Å². The maximum atomic E-state index is 13.3. The first-order chi connectivity index (χ1) is 10.9. The molecule has 1 unspecified atom stereocenters. The smallest absolute Gasteiger partial charge is 0.231 e. The van der Waals surface area contributed by atoms with Gasteiger partial charge in [0.05, 0.1) is 5.41 Å². The molecule has 1 aromatic carbocycles. The van der Waals surface area contributed by atoms with Crippen molar-refractivity contribution in [1.29, 1.82) is 0 Å². The Morgan fingerprint density at radius 1 is 1.30 bits per heavy atom. The summed E-state index contributed by atoms with van der Waals surface area (Å²) < 4.78 is 13.3. The molecular weight excluding hydrogens is 295 g/mol. The van der Waals surface area contributed by atoms with Crippen LogP contribution < -0.4 is 0 Å². The molecule has 2 fully saturated rings. The average molecular weight is 318 g/mol. The third-order valence-electron chi connectivity index (χ3n) is 5.02. The number of carbonyl (C=O) groups excluding carboxylic acids is 2. The van der Waals surface area contributed by atoms with Crippen molar-refractivity contribution < 1.29 is 14.0 Å². The van der Waals surface area contributed by atoms with Gasteiger partial charge in [-0.1, -0.05) is 26.0 Å². The van der Waals surface area contributed by atoms with Gasteiger partial charge in [0.1, 0.15) is 5.82 Å². The Labute approximate surface area is 136 Å². The van der Waals surface area contributed by atoms with Gasteiger partial charge in [-0.3, -0.25) is 9.59 Å². The van der Waals surface area contributed by atoms with E-state index in [1.54, 1.807) is 11.0 Å². The van der Waals surface area contributed by atoms with Gasteiger partial charge in [0.2, 0.25) is 11.8 Å². The van der Waals surface area contributed by atoms with Crippen LogP contribution in [0.5, 0.6) is 0 Å². The maximum absolute atomic E-state index is 13.3. The highest BCUT2D eigenvalue weighted by atomic mass is 19.1. The predicted molar refractivity (Wildman–Crippen MR) is 84.9 cm³/mol.